The number of aliphatic carboxylic acids is 1. The fourth-order valence-corrected chi connectivity index (χ4v) is 0.923. The van der Waals surface area contributed by atoms with E-state index in [1.54, 1.807) is 6.07 Å². The summed E-state index contributed by atoms with van der Waals surface area (Å²) in [5.74, 6) is 4.29. The summed E-state index contributed by atoms with van der Waals surface area (Å²) in [6.07, 6.45) is 1.17. The Balaban J connectivity index is 2.88. The summed E-state index contributed by atoms with van der Waals surface area (Å²) in [5, 5.41) is 8.76. The van der Waals surface area contributed by atoms with Gasteiger partial charge in [-0.15, -0.1) is 0 Å². The fraction of sp³-hybridized carbons (Fsp3) is 0.111. The Kier molecular flexibility index (Phi) is 3.32. The molecule has 14 heavy (non-hydrogen) atoms. The molecule has 5 heteroatoms. The highest BCUT2D eigenvalue weighted by atomic mass is 35.5. The van der Waals surface area contributed by atoms with E-state index < -0.39 is 5.97 Å². The van der Waals surface area contributed by atoms with Crippen molar-refractivity contribution in [3.63, 3.8) is 0 Å². The molecule has 0 unspecified atom stereocenters. The van der Waals surface area contributed by atoms with Crippen molar-refractivity contribution in [2.24, 2.45) is 0 Å². The molecule has 0 amide bonds. The van der Waals surface area contributed by atoms with E-state index in [0.29, 0.717) is 10.6 Å². The van der Waals surface area contributed by atoms with Crippen LogP contribution in [-0.2, 0) is 4.79 Å². The second-order valence-electron chi connectivity index (χ2n) is 2.46. The van der Waals surface area contributed by atoms with E-state index in [1.807, 2.05) is 0 Å². The van der Waals surface area contributed by atoms with Gasteiger partial charge in [0.1, 0.15) is 12.2 Å². The minimum Gasteiger partial charge on any atom is -0.481 e. The molecule has 0 saturated heterocycles. The van der Waals surface area contributed by atoms with Crippen molar-refractivity contribution in [2.45, 2.75) is 6.42 Å². The summed E-state index contributed by atoms with van der Waals surface area (Å²) >= 11 is 5.66. The van der Waals surface area contributed by atoms with Gasteiger partial charge in [-0.05, 0) is 6.07 Å². The molecule has 1 aromatic heterocycles. The third-order valence-electron chi connectivity index (χ3n) is 1.35. The molecule has 0 fully saturated rings. The van der Waals surface area contributed by atoms with Crippen molar-refractivity contribution in [1.29, 1.82) is 0 Å². The standard InChI is InChI=1S/C9H7ClN2O2/c10-7-4-6(9(11)12-5-7)2-1-3-8(13)14/h4-5H,3H2,(H2,11,12)(H,13,14). The lowest BCUT2D eigenvalue weighted by Crippen LogP contribution is -1.94. The number of rotatable bonds is 1. The quantitative estimate of drug-likeness (QED) is 0.682. The van der Waals surface area contributed by atoms with Crippen LogP contribution < -0.4 is 5.73 Å². The number of carboxylic acid groups (broad SMARTS) is 1. The zero-order valence-corrected chi connectivity index (χ0v) is 7.88. The zero-order chi connectivity index (χ0) is 10.6. The van der Waals surface area contributed by atoms with Crippen LogP contribution in [0.2, 0.25) is 5.02 Å². The number of hydrogen-bond donors (Lipinski definition) is 2. The van der Waals surface area contributed by atoms with Crippen LogP contribution in [0, 0.1) is 11.8 Å². The van der Waals surface area contributed by atoms with Gasteiger partial charge in [-0.1, -0.05) is 23.4 Å². The molecule has 0 bridgehead atoms. The van der Waals surface area contributed by atoms with Gasteiger partial charge >= 0.3 is 5.97 Å². The summed E-state index contributed by atoms with van der Waals surface area (Å²) in [6, 6.07) is 1.54. The van der Waals surface area contributed by atoms with Gasteiger partial charge < -0.3 is 10.8 Å². The average molecular weight is 211 g/mol. The predicted octanol–water partition coefficient (Wildman–Crippen LogP) is 1.14. The Bertz CT molecular complexity index is 421. The Hall–Kier alpha value is -1.73. The largest absolute Gasteiger partial charge is 0.481 e. The van der Waals surface area contributed by atoms with Crippen LogP contribution in [0.5, 0.6) is 0 Å². The second-order valence-corrected chi connectivity index (χ2v) is 2.90. The lowest BCUT2D eigenvalue weighted by Gasteiger charge is -1.96. The van der Waals surface area contributed by atoms with Crippen molar-refractivity contribution in [3.8, 4) is 11.8 Å². The molecule has 0 aliphatic carbocycles. The fourth-order valence-electron chi connectivity index (χ4n) is 0.765. The van der Waals surface area contributed by atoms with Gasteiger partial charge in [0.25, 0.3) is 0 Å². The minimum absolute atomic E-state index is 0.230. The lowest BCUT2D eigenvalue weighted by molar-refractivity contribution is -0.135. The number of carbonyl (C=O) groups is 1. The summed E-state index contributed by atoms with van der Waals surface area (Å²) in [4.78, 5) is 13.9. The number of nitrogens with zero attached hydrogens (tertiary/aromatic N) is 1. The van der Waals surface area contributed by atoms with E-state index in [-0.39, 0.29) is 12.2 Å². The molecule has 0 spiro atoms. The number of aromatic nitrogens is 1. The van der Waals surface area contributed by atoms with Crippen molar-refractivity contribution >= 4 is 23.4 Å². The third-order valence-corrected chi connectivity index (χ3v) is 1.55. The maximum atomic E-state index is 10.2. The Morgan fingerprint density at radius 2 is 2.43 bits per heavy atom. The summed E-state index contributed by atoms with van der Waals surface area (Å²) in [7, 11) is 0. The van der Waals surface area contributed by atoms with E-state index in [4.69, 9.17) is 22.4 Å². The van der Waals surface area contributed by atoms with Crippen molar-refractivity contribution in [2.75, 3.05) is 5.73 Å². The Labute approximate surface area is 85.7 Å². The normalized spacial score (nSPS) is 8.93. The van der Waals surface area contributed by atoms with Gasteiger partial charge in [-0.3, -0.25) is 4.79 Å². The SMILES string of the molecule is Nc1ncc(Cl)cc1C#CCC(=O)O. The molecule has 0 atom stereocenters. The zero-order valence-electron chi connectivity index (χ0n) is 7.12. The van der Waals surface area contributed by atoms with Gasteiger partial charge in [0, 0.05) is 6.20 Å². The van der Waals surface area contributed by atoms with E-state index >= 15 is 0 Å². The highest BCUT2D eigenvalue weighted by Crippen LogP contribution is 2.13. The molecule has 0 aromatic carbocycles. The van der Waals surface area contributed by atoms with E-state index in [2.05, 4.69) is 16.8 Å². The molecule has 1 aromatic rings. The van der Waals surface area contributed by atoms with Gasteiger partial charge in [-0.2, -0.15) is 0 Å². The number of anilines is 1. The van der Waals surface area contributed by atoms with Gasteiger partial charge in [0.05, 0.1) is 10.6 Å². The van der Waals surface area contributed by atoms with Gasteiger partial charge in [0.15, 0.2) is 0 Å². The monoisotopic (exact) mass is 210 g/mol. The van der Waals surface area contributed by atoms with E-state index in [0.717, 1.165) is 0 Å². The van der Waals surface area contributed by atoms with Crippen LogP contribution in [-0.4, -0.2) is 16.1 Å². The second kappa shape index (κ2) is 4.49. The van der Waals surface area contributed by atoms with Gasteiger partial charge in [-0.25, -0.2) is 4.98 Å². The summed E-state index contributed by atoms with van der Waals surface area (Å²) < 4.78 is 0. The molecule has 0 aliphatic rings. The topological polar surface area (TPSA) is 76.2 Å². The highest BCUT2D eigenvalue weighted by molar-refractivity contribution is 6.30. The first-order valence-electron chi connectivity index (χ1n) is 3.71. The average Bonchev–Trinajstić information content (AvgIpc) is 2.10. The van der Waals surface area contributed by atoms with Gasteiger partial charge in [0.2, 0.25) is 0 Å². The highest BCUT2D eigenvalue weighted by Gasteiger charge is 1.97. The number of pyridine rings is 1. The Morgan fingerprint density at radius 3 is 3.07 bits per heavy atom. The predicted molar refractivity (Wildman–Crippen MR) is 52.8 cm³/mol. The van der Waals surface area contributed by atoms with E-state index in [1.165, 1.54) is 6.20 Å². The molecule has 0 aliphatic heterocycles. The van der Waals surface area contributed by atoms with E-state index in [9.17, 15) is 4.79 Å². The van der Waals surface area contributed by atoms with Crippen molar-refractivity contribution in [1.82, 2.24) is 4.98 Å². The molecular formula is C9H7ClN2O2. The van der Waals surface area contributed by atoms with Crippen LogP contribution in [0.25, 0.3) is 0 Å². The maximum Gasteiger partial charge on any atom is 0.315 e. The lowest BCUT2D eigenvalue weighted by atomic mass is 10.2. The molecule has 0 radical (unpaired) electrons. The minimum atomic E-state index is -0.981. The molecule has 1 heterocycles. The third kappa shape index (κ3) is 2.96. The summed E-state index contributed by atoms with van der Waals surface area (Å²) in [6.45, 7) is 0. The van der Waals surface area contributed by atoms with Crippen LogP contribution in [0.1, 0.15) is 12.0 Å². The molecule has 1 rings (SSSR count). The number of nitrogen functional groups attached to an aromatic ring is 1. The van der Waals surface area contributed by atoms with Crippen molar-refractivity contribution in [3.05, 3.63) is 22.8 Å². The van der Waals surface area contributed by atoms with Crippen LogP contribution in [0.15, 0.2) is 12.3 Å². The number of carboxylic acids is 1. The first-order valence-corrected chi connectivity index (χ1v) is 4.09. The number of hydrogen-bond acceptors (Lipinski definition) is 3. The van der Waals surface area contributed by atoms with Crippen molar-refractivity contribution < 1.29 is 9.90 Å². The van der Waals surface area contributed by atoms with Crippen LogP contribution in [0.4, 0.5) is 5.82 Å². The molecular weight excluding hydrogens is 204 g/mol. The van der Waals surface area contributed by atoms with Crippen LogP contribution >= 0.6 is 11.6 Å². The molecule has 72 valence electrons. The molecule has 3 N–H and O–H groups in total. The first-order chi connectivity index (χ1) is 6.59. The first kappa shape index (κ1) is 10.4. The summed E-state index contributed by atoms with van der Waals surface area (Å²) in [5.41, 5.74) is 5.93. The molecule has 0 saturated carbocycles. The smallest absolute Gasteiger partial charge is 0.315 e. The molecule has 4 nitrogen and oxygen atoms in total. The number of nitrogens with two attached hydrogens (primary N) is 1. The Morgan fingerprint density at radius 1 is 1.71 bits per heavy atom. The number of halogens is 1. The van der Waals surface area contributed by atoms with Crippen LogP contribution in [0.3, 0.4) is 0 Å². The maximum absolute atomic E-state index is 10.2.